The van der Waals surface area contributed by atoms with Crippen molar-refractivity contribution in [3.63, 3.8) is 0 Å². The Bertz CT molecular complexity index is 2130. The quantitative estimate of drug-likeness (QED) is 0.222. The summed E-state index contributed by atoms with van der Waals surface area (Å²) in [5, 5.41) is 3.63. The van der Waals surface area contributed by atoms with Gasteiger partial charge in [0.25, 0.3) is 0 Å². The summed E-state index contributed by atoms with van der Waals surface area (Å²) in [4.78, 5) is 19.4. The molecule has 0 aliphatic heterocycles. The van der Waals surface area contributed by atoms with Gasteiger partial charge in [0.1, 0.15) is 0 Å². The molecule has 0 amide bonds. The fourth-order valence-corrected chi connectivity index (χ4v) is 6.67. The first kappa shape index (κ1) is 23.6. The standard InChI is InChI=1S/C36H22N4S/c1-2-10-23(11-3-1)35-34-27-12-4-5-15-33(27)41-36(34)26-17-16-24(20-30(26)40-35)25-21-31(28-13-6-8-18-37-28)39-32(22-25)29-14-7-9-19-38-29/h1-22H. The van der Waals surface area contributed by atoms with Gasteiger partial charge in [-0.25, -0.2) is 9.97 Å². The number of hydrogen-bond acceptors (Lipinski definition) is 5. The minimum atomic E-state index is 0.807. The van der Waals surface area contributed by atoms with Crippen LogP contribution in [0.4, 0.5) is 0 Å². The number of aromatic nitrogens is 4. The van der Waals surface area contributed by atoms with Crippen molar-refractivity contribution in [1.29, 1.82) is 0 Å². The Kier molecular flexibility index (Phi) is 5.61. The number of fused-ring (bicyclic) bond motifs is 5. The molecule has 0 aliphatic carbocycles. The maximum absolute atomic E-state index is 5.31. The molecule has 0 radical (unpaired) electrons. The molecule has 0 unspecified atom stereocenters. The number of hydrogen-bond donors (Lipinski definition) is 0. The van der Waals surface area contributed by atoms with E-state index in [0.29, 0.717) is 0 Å². The molecular weight excluding hydrogens is 520 g/mol. The summed E-state index contributed by atoms with van der Waals surface area (Å²) in [6.45, 7) is 0. The van der Waals surface area contributed by atoms with Crippen LogP contribution in [0.2, 0.25) is 0 Å². The first-order valence-electron chi connectivity index (χ1n) is 13.5. The second kappa shape index (κ2) is 9.73. The van der Waals surface area contributed by atoms with Crippen LogP contribution in [0.5, 0.6) is 0 Å². The third kappa shape index (κ3) is 4.15. The second-order valence-electron chi connectivity index (χ2n) is 9.92. The molecule has 5 heterocycles. The van der Waals surface area contributed by atoms with Gasteiger partial charge >= 0.3 is 0 Å². The van der Waals surface area contributed by atoms with Crippen molar-refractivity contribution < 1.29 is 0 Å². The smallest absolute Gasteiger partial charge is 0.0900 e. The molecular formula is C36H22N4S. The third-order valence-corrected chi connectivity index (χ3v) is 8.57. The van der Waals surface area contributed by atoms with E-state index in [1.54, 1.807) is 12.4 Å². The van der Waals surface area contributed by atoms with Gasteiger partial charge in [-0.15, -0.1) is 11.3 Å². The van der Waals surface area contributed by atoms with E-state index in [1.807, 2.05) is 53.8 Å². The third-order valence-electron chi connectivity index (χ3n) is 7.37. The Balaban J connectivity index is 1.38. The first-order valence-corrected chi connectivity index (χ1v) is 14.3. The first-order chi connectivity index (χ1) is 20.3. The number of nitrogens with zero attached hydrogens (tertiary/aromatic N) is 4. The molecule has 41 heavy (non-hydrogen) atoms. The number of thiophene rings is 1. The van der Waals surface area contributed by atoms with Crippen LogP contribution >= 0.6 is 11.3 Å². The molecule has 0 fully saturated rings. The summed E-state index contributed by atoms with van der Waals surface area (Å²) in [6, 6.07) is 41.7. The van der Waals surface area contributed by atoms with E-state index >= 15 is 0 Å². The van der Waals surface area contributed by atoms with Gasteiger partial charge in [-0.05, 0) is 59.7 Å². The highest BCUT2D eigenvalue weighted by Gasteiger charge is 2.17. The van der Waals surface area contributed by atoms with Crippen molar-refractivity contribution in [3.8, 4) is 45.2 Å². The van der Waals surface area contributed by atoms with E-state index in [1.165, 1.54) is 20.2 Å². The van der Waals surface area contributed by atoms with Gasteiger partial charge in [0.15, 0.2) is 0 Å². The molecule has 0 saturated heterocycles. The maximum Gasteiger partial charge on any atom is 0.0900 e. The number of rotatable bonds is 4. The van der Waals surface area contributed by atoms with Gasteiger partial charge in [-0.2, -0.15) is 0 Å². The minimum Gasteiger partial charge on any atom is -0.255 e. The molecule has 3 aromatic carbocycles. The molecule has 0 atom stereocenters. The fraction of sp³-hybridized carbons (Fsp3) is 0. The summed E-state index contributed by atoms with van der Waals surface area (Å²) in [6.07, 6.45) is 3.59. The van der Waals surface area contributed by atoms with Crippen LogP contribution in [0.15, 0.2) is 134 Å². The van der Waals surface area contributed by atoms with Gasteiger partial charge in [-0.1, -0.05) is 72.8 Å². The van der Waals surface area contributed by atoms with E-state index in [-0.39, 0.29) is 0 Å². The zero-order valence-electron chi connectivity index (χ0n) is 21.9. The van der Waals surface area contributed by atoms with E-state index in [2.05, 4.69) is 88.8 Å². The highest BCUT2D eigenvalue weighted by molar-refractivity contribution is 7.26. The van der Waals surface area contributed by atoms with Crippen LogP contribution in [-0.2, 0) is 0 Å². The van der Waals surface area contributed by atoms with Crippen molar-refractivity contribution in [2.45, 2.75) is 0 Å². The van der Waals surface area contributed by atoms with E-state index in [0.717, 1.165) is 56.1 Å². The number of pyridine rings is 4. The van der Waals surface area contributed by atoms with Crippen LogP contribution < -0.4 is 0 Å². The van der Waals surface area contributed by atoms with Crippen molar-refractivity contribution in [2.24, 2.45) is 0 Å². The van der Waals surface area contributed by atoms with Crippen molar-refractivity contribution >= 4 is 42.4 Å². The lowest BCUT2D eigenvalue weighted by Gasteiger charge is -2.11. The minimum absolute atomic E-state index is 0.807. The molecule has 0 saturated carbocycles. The van der Waals surface area contributed by atoms with Crippen LogP contribution in [0, 0.1) is 0 Å². The van der Waals surface area contributed by atoms with Crippen molar-refractivity contribution in [1.82, 2.24) is 19.9 Å². The molecule has 5 aromatic heterocycles. The monoisotopic (exact) mass is 542 g/mol. The second-order valence-corrected chi connectivity index (χ2v) is 11.0. The van der Waals surface area contributed by atoms with E-state index < -0.39 is 0 Å². The van der Waals surface area contributed by atoms with E-state index in [4.69, 9.17) is 9.97 Å². The predicted molar refractivity (Wildman–Crippen MR) is 170 cm³/mol. The summed E-state index contributed by atoms with van der Waals surface area (Å²) < 4.78 is 2.53. The highest BCUT2D eigenvalue weighted by atomic mass is 32.1. The van der Waals surface area contributed by atoms with Gasteiger partial charge < -0.3 is 0 Å². The zero-order valence-corrected chi connectivity index (χ0v) is 22.7. The Labute approximate surface area is 240 Å². The summed E-state index contributed by atoms with van der Waals surface area (Å²) in [5.41, 5.74) is 8.48. The SMILES string of the molecule is c1ccc(-c2nc3cc(-c4cc(-c5ccccn5)nc(-c5ccccn5)c4)ccc3c3sc4ccccc4c23)cc1. The molecule has 5 heteroatoms. The van der Waals surface area contributed by atoms with Crippen molar-refractivity contribution in [3.05, 3.63) is 134 Å². The largest absolute Gasteiger partial charge is 0.255 e. The van der Waals surface area contributed by atoms with Crippen LogP contribution in [-0.4, -0.2) is 19.9 Å². The Morgan fingerprint density at radius 1 is 0.463 bits per heavy atom. The summed E-state index contributed by atoms with van der Waals surface area (Å²) >= 11 is 1.83. The summed E-state index contributed by atoms with van der Waals surface area (Å²) in [5.74, 6) is 0. The van der Waals surface area contributed by atoms with Gasteiger partial charge in [0, 0.05) is 43.5 Å². The van der Waals surface area contributed by atoms with Crippen LogP contribution in [0.1, 0.15) is 0 Å². The normalized spacial score (nSPS) is 11.4. The molecule has 0 N–H and O–H groups in total. The lowest BCUT2D eigenvalue weighted by atomic mass is 9.99. The lowest BCUT2D eigenvalue weighted by Crippen LogP contribution is -1.94. The zero-order chi connectivity index (χ0) is 27.2. The molecule has 4 nitrogen and oxygen atoms in total. The van der Waals surface area contributed by atoms with Crippen molar-refractivity contribution in [2.75, 3.05) is 0 Å². The highest BCUT2D eigenvalue weighted by Crippen LogP contribution is 2.43. The topological polar surface area (TPSA) is 51.6 Å². The maximum atomic E-state index is 5.31. The van der Waals surface area contributed by atoms with Crippen LogP contribution in [0.25, 0.3) is 76.2 Å². The van der Waals surface area contributed by atoms with Gasteiger partial charge in [0.2, 0.25) is 0 Å². The Morgan fingerprint density at radius 3 is 1.85 bits per heavy atom. The van der Waals surface area contributed by atoms with E-state index in [9.17, 15) is 0 Å². The molecule has 8 aromatic rings. The lowest BCUT2D eigenvalue weighted by molar-refractivity contribution is 1.22. The average molecular weight is 543 g/mol. The fourth-order valence-electron chi connectivity index (χ4n) is 5.44. The molecule has 0 aliphatic rings. The molecule has 8 rings (SSSR count). The van der Waals surface area contributed by atoms with Crippen LogP contribution in [0.3, 0.4) is 0 Å². The molecule has 192 valence electrons. The summed E-state index contributed by atoms with van der Waals surface area (Å²) in [7, 11) is 0. The van der Waals surface area contributed by atoms with Gasteiger partial charge in [-0.3, -0.25) is 9.97 Å². The molecule has 0 spiro atoms. The molecule has 0 bridgehead atoms. The predicted octanol–water partition coefficient (Wildman–Crippen LogP) is 9.46. The Morgan fingerprint density at radius 2 is 1.15 bits per heavy atom. The Hall–Kier alpha value is -5.26. The average Bonchev–Trinajstić information content (AvgIpc) is 3.45. The number of benzene rings is 3. The van der Waals surface area contributed by atoms with Gasteiger partial charge in [0.05, 0.1) is 34.0 Å².